The number of rotatable bonds is 11. The third-order valence-corrected chi connectivity index (χ3v) is 4.48. The molecular weight excluding hydrogens is 264 g/mol. The SMILES string of the molecule is C=CCCCCCCCCCCc1cccc2ccccc12. The highest BCUT2D eigenvalue weighted by molar-refractivity contribution is 5.85. The molecule has 0 spiro atoms. The average molecular weight is 294 g/mol. The van der Waals surface area contributed by atoms with E-state index in [1.54, 1.807) is 0 Å². The van der Waals surface area contributed by atoms with Crippen molar-refractivity contribution < 1.29 is 0 Å². The number of benzene rings is 2. The molecule has 0 amide bonds. The fourth-order valence-corrected chi connectivity index (χ4v) is 3.18. The molecule has 2 aromatic rings. The van der Waals surface area contributed by atoms with E-state index in [0.717, 1.165) is 0 Å². The summed E-state index contributed by atoms with van der Waals surface area (Å²) in [6.45, 7) is 3.77. The van der Waals surface area contributed by atoms with Gasteiger partial charge in [-0.05, 0) is 42.0 Å². The van der Waals surface area contributed by atoms with Crippen LogP contribution >= 0.6 is 0 Å². The molecule has 0 heterocycles. The summed E-state index contributed by atoms with van der Waals surface area (Å²) in [7, 11) is 0. The molecule has 0 atom stereocenters. The van der Waals surface area contributed by atoms with Crippen LogP contribution in [0.4, 0.5) is 0 Å². The summed E-state index contributed by atoms with van der Waals surface area (Å²) in [5.41, 5.74) is 1.52. The summed E-state index contributed by atoms with van der Waals surface area (Å²) < 4.78 is 0. The molecule has 0 radical (unpaired) electrons. The molecule has 0 aliphatic carbocycles. The standard InChI is InChI=1S/C22H30/c1-2-3-4-5-6-7-8-9-10-11-15-20-17-14-18-21-16-12-13-19-22(20)21/h2,12-14,16-19H,1,3-11,15H2. The summed E-state index contributed by atoms with van der Waals surface area (Å²) >= 11 is 0. The first-order valence-corrected chi connectivity index (χ1v) is 8.99. The zero-order valence-corrected chi connectivity index (χ0v) is 13.9. The molecule has 2 rings (SSSR count). The van der Waals surface area contributed by atoms with E-state index >= 15 is 0 Å². The summed E-state index contributed by atoms with van der Waals surface area (Å²) in [5, 5.41) is 2.81. The Morgan fingerprint density at radius 3 is 2.09 bits per heavy atom. The molecule has 0 bridgehead atoms. The second-order valence-corrected chi connectivity index (χ2v) is 6.29. The number of unbranched alkanes of at least 4 members (excludes halogenated alkanes) is 8. The highest BCUT2D eigenvalue weighted by atomic mass is 14.0. The first-order valence-electron chi connectivity index (χ1n) is 8.99. The van der Waals surface area contributed by atoms with Crippen molar-refractivity contribution in [2.45, 2.75) is 64.2 Å². The molecule has 0 unspecified atom stereocenters. The molecule has 0 nitrogen and oxygen atoms in total. The minimum absolute atomic E-state index is 1.19. The van der Waals surface area contributed by atoms with Crippen LogP contribution in [-0.4, -0.2) is 0 Å². The number of hydrogen-bond donors (Lipinski definition) is 0. The smallest absolute Gasteiger partial charge is 0.0152 e. The minimum atomic E-state index is 1.19. The predicted molar refractivity (Wildman–Crippen MR) is 99.4 cm³/mol. The number of hydrogen-bond acceptors (Lipinski definition) is 0. The van der Waals surface area contributed by atoms with Gasteiger partial charge in [0, 0.05) is 0 Å². The first-order chi connectivity index (χ1) is 10.9. The largest absolute Gasteiger partial charge is 0.103 e. The molecule has 0 saturated carbocycles. The van der Waals surface area contributed by atoms with Crippen LogP contribution in [0.15, 0.2) is 55.1 Å². The van der Waals surface area contributed by atoms with E-state index < -0.39 is 0 Å². The van der Waals surface area contributed by atoms with Gasteiger partial charge < -0.3 is 0 Å². The summed E-state index contributed by atoms with van der Waals surface area (Å²) in [6.07, 6.45) is 15.4. The second-order valence-electron chi connectivity index (χ2n) is 6.29. The fourth-order valence-electron chi connectivity index (χ4n) is 3.18. The Labute approximate surface area is 136 Å². The summed E-state index contributed by atoms with van der Waals surface area (Å²) in [4.78, 5) is 0. The fraction of sp³-hybridized carbons (Fsp3) is 0.455. The van der Waals surface area contributed by atoms with Crippen molar-refractivity contribution in [3.63, 3.8) is 0 Å². The van der Waals surface area contributed by atoms with Crippen LogP contribution in [0.1, 0.15) is 63.4 Å². The highest BCUT2D eigenvalue weighted by Crippen LogP contribution is 2.20. The Morgan fingerprint density at radius 2 is 1.32 bits per heavy atom. The van der Waals surface area contributed by atoms with Gasteiger partial charge in [0.1, 0.15) is 0 Å². The zero-order chi connectivity index (χ0) is 15.5. The third-order valence-electron chi connectivity index (χ3n) is 4.48. The molecule has 0 fully saturated rings. The lowest BCUT2D eigenvalue weighted by atomic mass is 9.99. The van der Waals surface area contributed by atoms with Crippen LogP contribution < -0.4 is 0 Å². The summed E-state index contributed by atoms with van der Waals surface area (Å²) in [5.74, 6) is 0. The molecule has 0 aliphatic heterocycles. The lowest BCUT2D eigenvalue weighted by Gasteiger charge is -2.06. The van der Waals surface area contributed by atoms with Gasteiger partial charge in [0.2, 0.25) is 0 Å². The van der Waals surface area contributed by atoms with Crippen molar-refractivity contribution in [3.05, 3.63) is 60.7 Å². The van der Waals surface area contributed by atoms with E-state index in [2.05, 4.69) is 49.0 Å². The average Bonchev–Trinajstić information content (AvgIpc) is 2.56. The normalized spacial score (nSPS) is 10.9. The Bertz CT molecular complexity index is 547. The Kier molecular flexibility index (Phi) is 7.80. The quantitative estimate of drug-likeness (QED) is 0.307. The lowest BCUT2D eigenvalue weighted by Crippen LogP contribution is -1.88. The van der Waals surface area contributed by atoms with E-state index in [4.69, 9.17) is 0 Å². The van der Waals surface area contributed by atoms with Crippen molar-refractivity contribution in [1.82, 2.24) is 0 Å². The zero-order valence-electron chi connectivity index (χ0n) is 13.9. The van der Waals surface area contributed by atoms with Crippen LogP contribution in [0.25, 0.3) is 10.8 Å². The van der Waals surface area contributed by atoms with Crippen molar-refractivity contribution in [3.8, 4) is 0 Å². The van der Waals surface area contributed by atoms with E-state index in [1.807, 2.05) is 6.08 Å². The maximum Gasteiger partial charge on any atom is -0.0152 e. The molecule has 0 aliphatic rings. The van der Waals surface area contributed by atoms with E-state index in [0.29, 0.717) is 0 Å². The van der Waals surface area contributed by atoms with Crippen molar-refractivity contribution in [1.29, 1.82) is 0 Å². The molecule has 0 N–H and O–H groups in total. The molecular formula is C22H30. The topological polar surface area (TPSA) is 0 Å². The second kappa shape index (κ2) is 10.2. The highest BCUT2D eigenvalue weighted by Gasteiger charge is 2.00. The van der Waals surface area contributed by atoms with E-state index in [1.165, 1.54) is 80.5 Å². The van der Waals surface area contributed by atoms with Gasteiger partial charge in [-0.2, -0.15) is 0 Å². The predicted octanol–water partition coefficient (Wildman–Crippen LogP) is 7.08. The molecule has 0 saturated heterocycles. The number of aryl methyl sites for hydroxylation is 1. The van der Waals surface area contributed by atoms with Crippen LogP contribution in [0.2, 0.25) is 0 Å². The molecule has 2 aromatic carbocycles. The van der Waals surface area contributed by atoms with Crippen molar-refractivity contribution >= 4 is 10.8 Å². The van der Waals surface area contributed by atoms with Crippen molar-refractivity contribution in [2.24, 2.45) is 0 Å². The van der Waals surface area contributed by atoms with Gasteiger partial charge in [0.25, 0.3) is 0 Å². The Hall–Kier alpha value is -1.56. The van der Waals surface area contributed by atoms with Crippen LogP contribution in [-0.2, 0) is 6.42 Å². The monoisotopic (exact) mass is 294 g/mol. The van der Waals surface area contributed by atoms with Gasteiger partial charge in [-0.1, -0.05) is 87.1 Å². The Balaban J connectivity index is 1.59. The maximum absolute atomic E-state index is 3.77. The van der Waals surface area contributed by atoms with Crippen LogP contribution in [0.3, 0.4) is 0 Å². The van der Waals surface area contributed by atoms with Gasteiger partial charge in [-0.3, -0.25) is 0 Å². The van der Waals surface area contributed by atoms with Crippen LogP contribution in [0.5, 0.6) is 0 Å². The number of fused-ring (bicyclic) bond motifs is 1. The molecule has 118 valence electrons. The van der Waals surface area contributed by atoms with Gasteiger partial charge in [-0.25, -0.2) is 0 Å². The maximum atomic E-state index is 3.77. The van der Waals surface area contributed by atoms with Gasteiger partial charge in [0.15, 0.2) is 0 Å². The first kappa shape index (κ1) is 16.8. The van der Waals surface area contributed by atoms with Gasteiger partial charge in [-0.15, -0.1) is 6.58 Å². The van der Waals surface area contributed by atoms with E-state index in [-0.39, 0.29) is 0 Å². The molecule has 0 heteroatoms. The van der Waals surface area contributed by atoms with Crippen molar-refractivity contribution in [2.75, 3.05) is 0 Å². The lowest BCUT2D eigenvalue weighted by molar-refractivity contribution is 0.570. The van der Waals surface area contributed by atoms with Crippen LogP contribution in [0, 0.1) is 0 Å². The molecule has 0 aromatic heterocycles. The number of allylic oxidation sites excluding steroid dienone is 1. The minimum Gasteiger partial charge on any atom is -0.103 e. The third kappa shape index (κ3) is 5.67. The van der Waals surface area contributed by atoms with Gasteiger partial charge >= 0.3 is 0 Å². The van der Waals surface area contributed by atoms with E-state index in [9.17, 15) is 0 Å². The Morgan fingerprint density at radius 1 is 0.682 bits per heavy atom. The molecule has 22 heavy (non-hydrogen) atoms. The van der Waals surface area contributed by atoms with Gasteiger partial charge in [0.05, 0.1) is 0 Å². The summed E-state index contributed by atoms with van der Waals surface area (Å²) in [6, 6.07) is 15.5.